The van der Waals surface area contributed by atoms with E-state index in [0.717, 1.165) is 0 Å². The number of nitroso groups, excluding NO2 is 1. The topological polar surface area (TPSA) is 66.7 Å². The van der Waals surface area contributed by atoms with Crippen molar-refractivity contribution in [3.8, 4) is 5.75 Å². The molecular formula is C12H15NO3. The third kappa shape index (κ3) is 2.27. The lowest BCUT2D eigenvalue weighted by atomic mass is 9.84. The van der Waals surface area contributed by atoms with Crippen molar-refractivity contribution in [2.75, 3.05) is 0 Å². The molecule has 4 nitrogen and oxygen atoms in total. The summed E-state index contributed by atoms with van der Waals surface area (Å²) in [5.74, 6) is -0.435. The van der Waals surface area contributed by atoms with Crippen LogP contribution in [0, 0.1) is 4.91 Å². The molecule has 0 aromatic heterocycles. The van der Waals surface area contributed by atoms with E-state index in [1.165, 1.54) is 19.1 Å². The smallest absolute Gasteiger partial charge is 0.163 e. The van der Waals surface area contributed by atoms with Crippen LogP contribution < -0.4 is 0 Å². The Labute approximate surface area is 94.3 Å². The molecule has 1 aromatic rings. The third-order valence-corrected chi connectivity index (χ3v) is 2.40. The van der Waals surface area contributed by atoms with E-state index < -0.39 is 0 Å². The zero-order valence-corrected chi connectivity index (χ0v) is 9.87. The van der Waals surface area contributed by atoms with Crippen molar-refractivity contribution in [2.24, 2.45) is 5.18 Å². The van der Waals surface area contributed by atoms with Crippen LogP contribution in [0.25, 0.3) is 0 Å². The fourth-order valence-corrected chi connectivity index (χ4v) is 1.54. The molecule has 0 aliphatic carbocycles. The Morgan fingerprint density at radius 1 is 1.31 bits per heavy atom. The van der Waals surface area contributed by atoms with Crippen LogP contribution in [-0.4, -0.2) is 10.9 Å². The minimum absolute atomic E-state index is 0.176. The van der Waals surface area contributed by atoms with E-state index in [-0.39, 0.29) is 28.2 Å². The molecule has 0 atom stereocenters. The number of hydrogen-bond donors (Lipinski definition) is 1. The molecule has 16 heavy (non-hydrogen) atoms. The number of ketones is 1. The zero-order valence-electron chi connectivity index (χ0n) is 9.87. The molecule has 0 radical (unpaired) electrons. The quantitative estimate of drug-likeness (QED) is 0.615. The molecular weight excluding hydrogens is 206 g/mol. The SMILES string of the molecule is CC(=O)c1cc(C(C)(C)C)c(N=O)cc1O. The van der Waals surface area contributed by atoms with Crippen molar-refractivity contribution in [3.05, 3.63) is 28.2 Å². The average molecular weight is 221 g/mol. The zero-order chi connectivity index (χ0) is 12.5. The lowest BCUT2D eigenvalue weighted by Gasteiger charge is -2.21. The number of benzene rings is 1. The lowest BCUT2D eigenvalue weighted by molar-refractivity contribution is 0.101. The summed E-state index contributed by atoms with van der Waals surface area (Å²) in [5, 5.41) is 12.4. The number of Topliss-reactive ketones (excluding diaryl/α,β-unsaturated/α-hetero) is 1. The number of phenols is 1. The number of carbonyl (C=O) groups is 1. The van der Waals surface area contributed by atoms with E-state index in [1.807, 2.05) is 20.8 Å². The van der Waals surface area contributed by atoms with Gasteiger partial charge in [-0.25, -0.2) is 0 Å². The van der Waals surface area contributed by atoms with E-state index >= 15 is 0 Å². The Kier molecular flexibility index (Phi) is 3.12. The second kappa shape index (κ2) is 4.04. The Hall–Kier alpha value is -1.71. The van der Waals surface area contributed by atoms with Gasteiger partial charge in [0.05, 0.1) is 5.56 Å². The normalized spacial score (nSPS) is 11.2. The molecule has 1 rings (SSSR count). The van der Waals surface area contributed by atoms with Crippen LogP contribution in [0.3, 0.4) is 0 Å². The second-order valence-electron chi connectivity index (χ2n) is 4.78. The Bertz CT molecular complexity index is 444. The van der Waals surface area contributed by atoms with E-state index in [1.54, 1.807) is 0 Å². The Morgan fingerprint density at radius 2 is 1.88 bits per heavy atom. The number of nitrogens with zero attached hydrogens (tertiary/aromatic N) is 1. The van der Waals surface area contributed by atoms with Gasteiger partial charge in [-0.05, 0) is 29.1 Å². The highest BCUT2D eigenvalue weighted by Crippen LogP contribution is 2.36. The van der Waals surface area contributed by atoms with Crippen LogP contribution in [0.4, 0.5) is 5.69 Å². The van der Waals surface area contributed by atoms with Gasteiger partial charge in [-0.2, -0.15) is 0 Å². The van der Waals surface area contributed by atoms with Crippen molar-refractivity contribution < 1.29 is 9.90 Å². The lowest BCUT2D eigenvalue weighted by Crippen LogP contribution is -2.12. The summed E-state index contributed by atoms with van der Waals surface area (Å²) in [6.45, 7) is 7.11. The molecule has 0 aliphatic rings. The fraction of sp³-hybridized carbons (Fsp3) is 0.417. The molecule has 1 N–H and O–H groups in total. The van der Waals surface area contributed by atoms with Gasteiger partial charge in [0.1, 0.15) is 11.4 Å². The van der Waals surface area contributed by atoms with Crippen molar-refractivity contribution in [3.63, 3.8) is 0 Å². The van der Waals surface area contributed by atoms with Crippen LogP contribution >= 0.6 is 0 Å². The summed E-state index contributed by atoms with van der Waals surface area (Å²) in [5.41, 5.74) is 0.749. The predicted molar refractivity (Wildman–Crippen MR) is 62.3 cm³/mol. The minimum atomic E-state index is -0.304. The maximum Gasteiger partial charge on any atom is 0.163 e. The number of hydrogen-bond acceptors (Lipinski definition) is 4. The van der Waals surface area contributed by atoms with Gasteiger partial charge < -0.3 is 5.11 Å². The third-order valence-electron chi connectivity index (χ3n) is 2.40. The molecule has 0 fully saturated rings. The molecule has 0 heterocycles. The number of rotatable bonds is 2. The van der Waals surface area contributed by atoms with Gasteiger partial charge in [-0.1, -0.05) is 20.8 Å². The summed E-state index contributed by atoms with van der Waals surface area (Å²) >= 11 is 0. The predicted octanol–water partition coefficient (Wildman–Crippen LogP) is 3.29. The molecule has 0 spiro atoms. The Morgan fingerprint density at radius 3 is 2.25 bits per heavy atom. The fourth-order valence-electron chi connectivity index (χ4n) is 1.54. The van der Waals surface area contributed by atoms with Gasteiger partial charge in [0.2, 0.25) is 0 Å². The molecule has 0 saturated heterocycles. The maximum absolute atomic E-state index is 11.3. The largest absolute Gasteiger partial charge is 0.507 e. The summed E-state index contributed by atoms with van der Waals surface area (Å²) < 4.78 is 0. The highest BCUT2D eigenvalue weighted by Gasteiger charge is 2.22. The van der Waals surface area contributed by atoms with Crippen molar-refractivity contribution in [1.29, 1.82) is 0 Å². The molecule has 0 aliphatic heterocycles. The van der Waals surface area contributed by atoms with E-state index in [0.29, 0.717) is 5.56 Å². The number of carbonyl (C=O) groups excluding carboxylic acids is 1. The second-order valence-corrected chi connectivity index (χ2v) is 4.78. The van der Waals surface area contributed by atoms with Crippen LogP contribution in [0.1, 0.15) is 43.6 Å². The monoisotopic (exact) mass is 221 g/mol. The maximum atomic E-state index is 11.3. The Balaban J connectivity index is 3.53. The molecule has 0 saturated carbocycles. The van der Waals surface area contributed by atoms with Gasteiger partial charge in [-0.3, -0.25) is 4.79 Å². The molecule has 86 valence electrons. The molecule has 1 aromatic carbocycles. The number of aromatic hydroxyl groups is 1. The highest BCUT2D eigenvalue weighted by molar-refractivity contribution is 5.97. The standard InChI is InChI=1S/C12H15NO3/c1-7(14)8-5-9(12(2,3)4)10(13-16)6-11(8)15/h5-6,15H,1-4H3. The van der Waals surface area contributed by atoms with Gasteiger partial charge in [0, 0.05) is 6.07 Å². The minimum Gasteiger partial charge on any atom is -0.507 e. The van der Waals surface area contributed by atoms with Crippen molar-refractivity contribution >= 4 is 11.5 Å². The van der Waals surface area contributed by atoms with Gasteiger partial charge in [0.25, 0.3) is 0 Å². The first-order chi connectivity index (χ1) is 7.27. The van der Waals surface area contributed by atoms with Gasteiger partial charge in [-0.15, -0.1) is 4.91 Å². The average Bonchev–Trinajstić information content (AvgIpc) is 2.14. The number of phenolic OH excluding ortho intramolecular Hbond substituents is 1. The summed E-state index contributed by atoms with van der Waals surface area (Å²) in [6.07, 6.45) is 0. The van der Waals surface area contributed by atoms with Crippen molar-refractivity contribution in [2.45, 2.75) is 33.1 Å². The molecule has 4 heteroatoms. The first kappa shape index (κ1) is 12.4. The van der Waals surface area contributed by atoms with Gasteiger partial charge >= 0.3 is 0 Å². The molecule has 0 amide bonds. The van der Waals surface area contributed by atoms with Crippen molar-refractivity contribution in [1.82, 2.24) is 0 Å². The molecule has 0 unspecified atom stereocenters. The van der Waals surface area contributed by atoms with Gasteiger partial charge in [0.15, 0.2) is 5.78 Å². The summed E-state index contributed by atoms with van der Waals surface area (Å²) in [6, 6.07) is 2.78. The first-order valence-corrected chi connectivity index (χ1v) is 4.99. The van der Waals surface area contributed by atoms with E-state index in [2.05, 4.69) is 5.18 Å². The van der Waals surface area contributed by atoms with Crippen LogP contribution in [0.2, 0.25) is 0 Å². The summed E-state index contributed by atoms with van der Waals surface area (Å²) in [4.78, 5) is 21.9. The highest BCUT2D eigenvalue weighted by atomic mass is 16.3. The van der Waals surface area contributed by atoms with E-state index in [9.17, 15) is 14.8 Å². The molecule has 0 bridgehead atoms. The van der Waals surface area contributed by atoms with Crippen LogP contribution in [0.5, 0.6) is 5.75 Å². The van der Waals surface area contributed by atoms with Crippen LogP contribution in [0.15, 0.2) is 17.3 Å². The van der Waals surface area contributed by atoms with Crippen LogP contribution in [-0.2, 0) is 5.41 Å². The summed E-state index contributed by atoms with van der Waals surface area (Å²) in [7, 11) is 0. The van der Waals surface area contributed by atoms with E-state index in [4.69, 9.17) is 0 Å². The first-order valence-electron chi connectivity index (χ1n) is 4.99.